The predicted octanol–water partition coefficient (Wildman–Crippen LogP) is 2.91. The Morgan fingerprint density at radius 3 is 2.35 bits per heavy atom. The molecule has 0 aliphatic carbocycles. The van der Waals surface area contributed by atoms with E-state index < -0.39 is 0 Å². The molecule has 4 N–H and O–H groups in total. The van der Waals surface area contributed by atoms with Gasteiger partial charge in [-0.1, -0.05) is 26.8 Å². The van der Waals surface area contributed by atoms with Crippen LogP contribution in [-0.4, -0.2) is 16.5 Å². The molecule has 0 aliphatic heterocycles. The van der Waals surface area contributed by atoms with Crippen LogP contribution >= 0.6 is 0 Å². The predicted molar refractivity (Wildman–Crippen MR) is 95.3 cm³/mol. The fourth-order valence-electron chi connectivity index (χ4n) is 3.17. The Hall–Kier alpha value is -1.78. The summed E-state index contributed by atoms with van der Waals surface area (Å²) in [5.74, 6) is 0.718. The fourth-order valence-corrected chi connectivity index (χ4v) is 3.17. The van der Waals surface area contributed by atoms with Gasteiger partial charge in [-0.15, -0.1) is 0 Å². The second-order valence-electron chi connectivity index (χ2n) is 6.38. The van der Waals surface area contributed by atoms with E-state index in [1.165, 1.54) is 16.8 Å². The minimum absolute atomic E-state index is 0.314. The fraction of sp³-hybridized carbons (Fsp3) is 0.474. The first kappa shape index (κ1) is 17.6. The third-order valence-corrected chi connectivity index (χ3v) is 4.27. The van der Waals surface area contributed by atoms with Gasteiger partial charge in [0.2, 0.25) is 0 Å². The Bertz CT molecular complexity index is 637. The van der Waals surface area contributed by atoms with Crippen molar-refractivity contribution >= 4 is 0 Å². The highest BCUT2D eigenvalue weighted by molar-refractivity contribution is 5.34. The summed E-state index contributed by atoms with van der Waals surface area (Å²) >= 11 is 0. The number of hydrogen-bond acceptors (Lipinski definition) is 4. The van der Waals surface area contributed by atoms with Gasteiger partial charge in [0, 0.05) is 36.2 Å². The minimum Gasteiger partial charge on any atom is -0.330 e. The lowest BCUT2D eigenvalue weighted by atomic mass is 9.89. The van der Waals surface area contributed by atoms with Gasteiger partial charge < -0.3 is 11.5 Å². The molecular formula is C19H28N4. The van der Waals surface area contributed by atoms with Crippen LogP contribution in [0.4, 0.5) is 0 Å². The molecule has 0 amide bonds. The van der Waals surface area contributed by atoms with Crippen LogP contribution < -0.4 is 11.5 Å². The zero-order valence-electron chi connectivity index (χ0n) is 14.4. The van der Waals surface area contributed by atoms with E-state index in [9.17, 15) is 0 Å². The summed E-state index contributed by atoms with van der Waals surface area (Å²) in [5, 5.41) is 0. The van der Waals surface area contributed by atoms with Gasteiger partial charge in [-0.2, -0.15) is 0 Å². The summed E-state index contributed by atoms with van der Waals surface area (Å²) in [6.45, 7) is 7.74. The topological polar surface area (TPSA) is 77.8 Å². The molecule has 124 valence electrons. The van der Waals surface area contributed by atoms with Gasteiger partial charge in [0.15, 0.2) is 0 Å². The van der Waals surface area contributed by atoms with Crippen LogP contribution in [-0.2, 0) is 19.4 Å². The average molecular weight is 312 g/mol. The highest BCUT2D eigenvalue weighted by Gasteiger charge is 2.17. The van der Waals surface area contributed by atoms with E-state index >= 15 is 0 Å². The Kier molecular flexibility index (Phi) is 6.25. The van der Waals surface area contributed by atoms with E-state index in [0.29, 0.717) is 24.9 Å². The molecule has 1 atom stereocenters. The van der Waals surface area contributed by atoms with Crippen LogP contribution in [0.3, 0.4) is 0 Å². The largest absolute Gasteiger partial charge is 0.330 e. The number of nitrogens with two attached hydrogens (primary N) is 2. The zero-order valence-corrected chi connectivity index (χ0v) is 14.4. The van der Waals surface area contributed by atoms with E-state index in [1.807, 2.05) is 18.5 Å². The maximum atomic E-state index is 5.86. The minimum atomic E-state index is 0.314. The standard InChI is InChI=1S/C19H28N4/c1-13(2)18-17(6-8-20)15(7-10-23-18)11-14(3)19-16(12-21)5-4-9-22-19/h4-5,7,9-10,13-14H,6,8,11-12,20-21H2,1-3H3. The monoisotopic (exact) mass is 312 g/mol. The number of rotatable bonds is 7. The quantitative estimate of drug-likeness (QED) is 0.824. The highest BCUT2D eigenvalue weighted by Crippen LogP contribution is 2.27. The van der Waals surface area contributed by atoms with Gasteiger partial charge in [-0.3, -0.25) is 9.97 Å². The molecule has 4 heteroatoms. The Morgan fingerprint density at radius 2 is 1.70 bits per heavy atom. The summed E-state index contributed by atoms with van der Waals surface area (Å²) in [4.78, 5) is 9.14. The normalized spacial score (nSPS) is 12.6. The first-order chi connectivity index (χ1) is 11.1. The second kappa shape index (κ2) is 8.18. The third kappa shape index (κ3) is 4.15. The van der Waals surface area contributed by atoms with Crippen LogP contribution in [0.2, 0.25) is 0 Å². The van der Waals surface area contributed by atoms with E-state index in [-0.39, 0.29) is 0 Å². The number of pyridine rings is 2. The van der Waals surface area contributed by atoms with Gasteiger partial charge in [-0.25, -0.2) is 0 Å². The highest BCUT2D eigenvalue weighted by atomic mass is 14.7. The van der Waals surface area contributed by atoms with Crippen molar-refractivity contribution in [3.05, 3.63) is 58.7 Å². The van der Waals surface area contributed by atoms with Gasteiger partial charge in [0.25, 0.3) is 0 Å². The first-order valence-corrected chi connectivity index (χ1v) is 8.39. The van der Waals surface area contributed by atoms with Crippen molar-refractivity contribution in [2.75, 3.05) is 6.54 Å². The molecule has 23 heavy (non-hydrogen) atoms. The first-order valence-electron chi connectivity index (χ1n) is 8.39. The summed E-state index contributed by atoms with van der Waals surface area (Å²) in [5.41, 5.74) is 17.7. The number of aromatic nitrogens is 2. The molecule has 0 spiro atoms. The van der Waals surface area contributed by atoms with Crippen molar-refractivity contribution in [1.82, 2.24) is 9.97 Å². The maximum absolute atomic E-state index is 5.86. The Morgan fingerprint density at radius 1 is 0.957 bits per heavy atom. The lowest BCUT2D eigenvalue weighted by Crippen LogP contribution is -2.14. The van der Waals surface area contributed by atoms with E-state index in [1.54, 1.807) is 0 Å². The summed E-state index contributed by atoms with van der Waals surface area (Å²) in [6.07, 6.45) is 5.56. The molecule has 0 fully saturated rings. The van der Waals surface area contributed by atoms with Crippen molar-refractivity contribution in [3.8, 4) is 0 Å². The van der Waals surface area contributed by atoms with Gasteiger partial charge in [0.05, 0.1) is 0 Å². The van der Waals surface area contributed by atoms with Crippen molar-refractivity contribution in [2.24, 2.45) is 11.5 Å². The Balaban J connectivity index is 2.33. The molecule has 2 aromatic rings. The molecule has 2 rings (SSSR count). The van der Waals surface area contributed by atoms with Crippen LogP contribution in [0.25, 0.3) is 0 Å². The molecule has 0 aromatic carbocycles. The lowest BCUT2D eigenvalue weighted by Gasteiger charge is -2.19. The smallest absolute Gasteiger partial charge is 0.0479 e. The number of hydrogen-bond donors (Lipinski definition) is 2. The molecule has 0 radical (unpaired) electrons. The van der Waals surface area contributed by atoms with Gasteiger partial charge in [-0.05, 0) is 54.1 Å². The van der Waals surface area contributed by atoms with Crippen molar-refractivity contribution in [1.29, 1.82) is 0 Å². The lowest BCUT2D eigenvalue weighted by molar-refractivity contribution is 0.698. The summed E-state index contributed by atoms with van der Waals surface area (Å²) in [6, 6.07) is 6.13. The maximum Gasteiger partial charge on any atom is 0.0479 e. The molecule has 4 nitrogen and oxygen atoms in total. The van der Waals surface area contributed by atoms with Crippen LogP contribution in [0.5, 0.6) is 0 Å². The van der Waals surface area contributed by atoms with Crippen molar-refractivity contribution in [2.45, 2.75) is 52.0 Å². The molecule has 0 aliphatic rings. The van der Waals surface area contributed by atoms with Crippen LogP contribution in [0.15, 0.2) is 30.6 Å². The third-order valence-electron chi connectivity index (χ3n) is 4.27. The molecule has 1 unspecified atom stereocenters. The molecule has 0 saturated heterocycles. The Labute approximate surface area is 139 Å². The molecule has 2 aromatic heterocycles. The molecule has 2 heterocycles. The average Bonchev–Trinajstić information content (AvgIpc) is 2.56. The molecule has 0 saturated carbocycles. The van der Waals surface area contributed by atoms with E-state index in [2.05, 4.69) is 42.9 Å². The second-order valence-corrected chi connectivity index (χ2v) is 6.38. The SMILES string of the molecule is CC(C)c1nccc(CC(C)c2ncccc2CN)c1CCN. The van der Waals surface area contributed by atoms with E-state index in [4.69, 9.17) is 11.5 Å². The molecular weight excluding hydrogens is 284 g/mol. The van der Waals surface area contributed by atoms with E-state index in [0.717, 1.165) is 24.1 Å². The number of nitrogens with zero attached hydrogens (tertiary/aromatic N) is 2. The summed E-state index contributed by atoms with van der Waals surface area (Å²) in [7, 11) is 0. The van der Waals surface area contributed by atoms with Crippen LogP contribution in [0, 0.1) is 0 Å². The molecule has 0 bridgehead atoms. The van der Waals surface area contributed by atoms with Crippen LogP contribution in [0.1, 0.15) is 60.7 Å². The zero-order chi connectivity index (χ0) is 16.8. The van der Waals surface area contributed by atoms with Gasteiger partial charge >= 0.3 is 0 Å². The van der Waals surface area contributed by atoms with Crippen molar-refractivity contribution in [3.63, 3.8) is 0 Å². The van der Waals surface area contributed by atoms with Gasteiger partial charge in [0.1, 0.15) is 0 Å². The van der Waals surface area contributed by atoms with Crippen molar-refractivity contribution < 1.29 is 0 Å². The summed E-state index contributed by atoms with van der Waals surface area (Å²) < 4.78 is 0.